The maximum atomic E-state index is 11.6. The molecular formula is C12H13N3O. The van der Waals surface area contributed by atoms with Crippen molar-refractivity contribution in [1.29, 1.82) is 0 Å². The fraction of sp³-hybridized carbons (Fsp3) is 0.167. The first-order valence-electron chi connectivity index (χ1n) is 5.16. The summed E-state index contributed by atoms with van der Waals surface area (Å²) in [6, 6.07) is 5.40. The van der Waals surface area contributed by atoms with Gasteiger partial charge in [-0.1, -0.05) is 0 Å². The van der Waals surface area contributed by atoms with Gasteiger partial charge in [-0.25, -0.2) is 0 Å². The molecule has 2 aromatic heterocycles. The van der Waals surface area contributed by atoms with E-state index in [1.807, 2.05) is 18.5 Å². The standard InChI is InChI=1S/C12H13N3O/c16-12(11-3-6-13-7-4-11)15-8-2-10-1-5-14-9-10/h1,3-7,9,14H,2,8H2,(H,15,16). The molecule has 1 amide bonds. The van der Waals surface area contributed by atoms with E-state index in [9.17, 15) is 4.79 Å². The molecule has 0 atom stereocenters. The van der Waals surface area contributed by atoms with E-state index in [4.69, 9.17) is 0 Å². The summed E-state index contributed by atoms with van der Waals surface area (Å²) in [5, 5.41) is 2.86. The van der Waals surface area contributed by atoms with Crippen molar-refractivity contribution in [3.8, 4) is 0 Å². The van der Waals surface area contributed by atoms with Gasteiger partial charge in [0.15, 0.2) is 0 Å². The Labute approximate surface area is 93.7 Å². The Kier molecular flexibility index (Phi) is 3.33. The van der Waals surface area contributed by atoms with Gasteiger partial charge in [0.05, 0.1) is 0 Å². The second-order valence-corrected chi connectivity index (χ2v) is 3.46. The molecule has 2 aromatic rings. The summed E-state index contributed by atoms with van der Waals surface area (Å²) < 4.78 is 0. The third kappa shape index (κ3) is 2.70. The molecule has 16 heavy (non-hydrogen) atoms. The zero-order valence-electron chi connectivity index (χ0n) is 8.81. The van der Waals surface area contributed by atoms with Crippen molar-refractivity contribution >= 4 is 5.91 Å². The van der Waals surface area contributed by atoms with Gasteiger partial charge in [-0.15, -0.1) is 0 Å². The molecule has 0 spiro atoms. The summed E-state index contributed by atoms with van der Waals surface area (Å²) in [6.07, 6.45) is 7.86. The molecule has 4 heteroatoms. The molecule has 82 valence electrons. The van der Waals surface area contributed by atoms with Crippen molar-refractivity contribution < 1.29 is 4.79 Å². The van der Waals surface area contributed by atoms with Crippen LogP contribution in [0.25, 0.3) is 0 Å². The fourth-order valence-electron chi connectivity index (χ4n) is 1.44. The second-order valence-electron chi connectivity index (χ2n) is 3.46. The number of aromatic amines is 1. The Morgan fingerprint density at radius 2 is 2.12 bits per heavy atom. The largest absolute Gasteiger partial charge is 0.367 e. The number of nitrogens with one attached hydrogen (secondary N) is 2. The molecule has 4 nitrogen and oxygen atoms in total. The highest BCUT2D eigenvalue weighted by Gasteiger charge is 2.03. The van der Waals surface area contributed by atoms with Crippen molar-refractivity contribution in [2.24, 2.45) is 0 Å². The molecule has 0 aromatic carbocycles. The van der Waals surface area contributed by atoms with Crippen molar-refractivity contribution in [3.63, 3.8) is 0 Å². The smallest absolute Gasteiger partial charge is 0.251 e. The summed E-state index contributed by atoms with van der Waals surface area (Å²) >= 11 is 0. The minimum Gasteiger partial charge on any atom is -0.367 e. The number of rotatable bonds is 4. The Hall–Kier alpha value is -2.10. The average molecular weight is 215 g/mol. The van der Waals surface area contributed by atoms with Crippen LogP contribution in [0.3, 0.4) is 0 Å². The van der Waals surface area contributed by atoms with Crippen molar-refractivity contribution in [2.75, 3.05) is 6.54 Å². The van der Waals surface area contributed by atoms with E-state index >= 15 is 0 Å². The topological polar surface area (TPSA) is 57.8 Å². The van der Waals surface area contributed by atoms with E-state index in [1.54, 1.807) is 24.5 Å². The molecular weight excluding hydrogens is 202 g/mol. The van der Waals surface area contributed by atoms with E-state index in [0.29, 0.717) is 12.1 Å². The van der Waals surface area contributed by atoms with E-state index < -0.39 is 0 Å². The van der Waals surface area contributed by atoms with Crippen LogP contribution in [-0.2, 0) is 6.42 Å². The molecule has 2 rings (SSSR count). The van der Waals surface area contributed by atoms with Crippen LogP contribution in [0.5, 0.6) is 0 Å². The predicted molar refractivity (Wildman–Crippen MR) is 61.1 cm³/mol. The highest BCUT2D eigenvalue weighted by molar-refractivity contribution is 5.93. The molecule has 0 radical (unpaired) electrons. The SMILES string of the molecule is O=C(NCCc1cc[nH]c1)c1ccncc1. The molecule has 0 aliphatic heterocycles. The van der Waals surface area contributed by atoms with Gasteiger partial charge >= 0.3 is 0 Å². The Morgan fingerprint density at radius 3 is 2.81 bits per heavy atom. The van der Waals surface area contributed by atoms with Crippen LogP contribution < -0.4 is 5.32 Å². The number of carbonyl (C=O) groups excluding carboxylic acids is 1. The average Bonchev–Trinajstić information content (AvgIpc) is 2.83. The number of hydrogen-bond acceptors (Lipinski definition) is 2. The first kappa shape index (κ1) is 10.4. The van der Waals surface area contributed by atoms with Crippen LogP contribution in [0.2, 0.25) is 0 Å². The van der Waals surface area contributed by atoms with Crippen LogP contribution in [0.1, 0.15) is 15.9 Å². The van der Waals surface area contributed by atoms with Crippen molar-refractivity contribution in [3.05, 3.63) is 54.1 Å². The van der Waals surface area contributed by atoms with Gasteiger partial charge in [0.25, 0.3) is 5.91 Å². The number of aromatic nitrogens is 2. The Balaban J connectivity index is 1.81. The van der Waals surface area contributed by atoms with Crippen molar-refractivity contribution in [2.45, 2.75) is 6.42 Å². The number of pyridine rings is 1. The highest BCUT2D eigenvalue weighted by Crippen LogP contribution is 1.98. The number of nitrogens with zero attached hydrogens (tertiary/aromatic N) is 1. The van der Waals surface area contributed by atoms with Gasteiger partial charge in [-0.2, -0.15) is 0 Å². The van der Waals surface area contributed by atoms with Gasteiger partial charge in [0.1, 0.15) is 0 Å². The second kappa shape index (κ2) is 5.11. The van der Waals surface area contributed by atoms with E-state index in [0.717, 1.165) is 6.42 Å². The zero-order valence-corrected chi connectivity index (χ0v) is 8.81. The summed E-state index contributed by atoms with van der Waals surface area (Å²) in [5.41, 5.74) is 1.83. The van der Waals surface area contributed by atoms with Crippen LogP contribution >= 0.6 is 0 Å². The van der Waals surface area contributed by atoms with Crippen LogP contribution in [0.15, 0.2) is 43.0 Å². The lowest BCUT2D eigenvalue weighted by atomic mass is 10.2. The summed E-state index contributed by atoms with van der Waals surface area (Å²) in [7, 11) is 0. The van der Waals surface area contributed by atoms with Crippen molar-refractivity contribution in [1.82, 2.24) is 15.3 Å². The van der Waals surface area contributed by atoms with Gasteiger partial charge in [-0.05, 0) is 30.2 Å². The Bertz CT molecular complexity index is 437. The summed E-state index contributed by atoms with van der Waals surface area (Å²) in [4.78, 5) is 18.5. The number of carbonyl (C=O) groups is 1. The molecule has 0 unspecified atom stereocenters. The van der Waals surface area contributed by atoms with E-state index in [-0.39, 0.29) is 5.91 Å². The predicted octanol–water partition coefficient (Wildman–Crippen LogP) is 1.38. The number of H-pyrrole nitrogens is 1. The van der Waals surface area contributed by atoms with Crippen LogP contribution in [-0.4, -0.2) is 22.4 Å². The van der Waals surface area contributed by atoms with Gasteiger partial charge in [0, 0.05) is 36.9 Å². The lowest BCUT2D eigenvalue weighted by Gasteiger charge is -2.03. The van der Waals surface area contributed by atoms with Crippen LogP contribution in [0, 0.1) is 0 Å². The minimum atomic E-state index is -0.0575. The molecule has 2 heterocycles. The monoisotopic (exact) mass is 215 g/mol. The molecule has 0 fully saturated rings. The quantitative estimate of drug-likeness (QED) is 0.809. The minimum absolute atomic E-state index is 0.0575. The van der Waals surface area contributed by atoms with E-state index in [1.165, 1.54) is 5.56 Å². The fourth-order valence-corrected chi connectivity index (χ4v) is 1.44. The highest BCUT2D eigenvalue weighted by atomic mass is 16.1. The van der Waals surface area contributed by atoms with E-state index in [2.05, 4.69) is 15.3 Å². The van der Waals surface area contributed by atoms with Gasteiger partial charge in [0.2, 0.25) is 0 Å². The lowest BCUT2D eigenvalue weighted by molar-refractivity contribution is 0.0954. The van der Waals surface area contributed by atoms with Gasteiger partial charge in [-0.3, -0.25) is 9.78 Å². The maximum Gasteiger partial charge on any atom is 0.251 e. The third-order valence-corrected chi connectivity index (χ3v) is 2.30. The number of amides is 1. The van der Waals surface area contributed by atoms with Crippen LogP contribution in [0.4, 0.5) is 0 Å². The molecule has 0 aliphatic carbocycles. The maximum absolute atomic E-state index is 11.6. The summed E-state index contributed by atoms with van der Waals surface area (Å²) in [6.45, 7) is 0.638. The molecule has 0 bridgehead atoms. The summed E-state index contributed by atoms with van der Waals surface area (Å²) in [5.74, 6) is -0.0575. The Morgan fingerprint density at radius 1 is 1.31 bits per heavy atom. The number of hydrogen-bond donors (Lipinski definition) is 2. The molecule has 2 N–H and O–H groups in total. The molecule has 0 aliphatic rings. The molecule has 0 saturated carbocycles. The first-order chi connectivity index (χ1) is 7.86. The zero-order chi connectivity index (χ0) is 11.2. The lowest BCUT2D eigenvalue weighted by Crippen LogP contribution is -2.25. The molecule has 0 saturated heterocycles. The normalized spacial score (nSPS) is 10.0. The van der Waals surface area contributed by atoms with Gasteiger partial charge < -0.3 is 10.3 Å². The third-order valence-electron chi connectivity index (χ3n) is 2.30. The first-order valence-corrected chi connectivity index (χ1v) is 5.16.